The number of benzene rings is 2. The quantitative estimate of drug-likeness (QED) is 0.285. The standard InChI is InChI=1S/C24H25FN4O6/c1-4-34-23(31)21-14(2)27-24(32)28-22(21)16-8-9-18(19(11-16)33-3)35-13-20(30)29-26-12-15-6-5-7-17(25)10-15/h5-12,22H,4,13H2,1-3H3,(H,29,30)(H2,27,28,32)/b26-12-/t22-/m1/s1. The number of amides is 3. The Labute approximate surface area is 201 Å². The van der Waals surface area contributed by atoms with Crippen molar-refractivity contribution in [2.45, 2.75) is 19.9 Å². The van der Waals surface area contributed by atoms with Gasteiger partial charge in [-0.25, -0.2) is 19.4 Å². The molecule has 0 bridgehead atoms. The molecule has 1 atom stereocenters. The van der Waals surface area contributed by atoms with E-state index in [1.807, 2.05) is 0 Å². The molecule has 2 aromatic carbocycles. The highest BCUT2D eigenvalue weighted by atomic mass is 19.1. The first-order chi connectivity index (χ1) is 16.8. The Morgan fingerprint density at radius 3 is 2.71 bits per heavy atom. The van der Waals surface area contributed by atoms with Crippen LogP contribution in [0.3, 0.4) is 0 Å². The van der Waals surface area contributed by atoms with Crippen LogP contribution >= 0.6 is 0 Å². The minimum atomic E-state index is -0.772. The molecule has 35 heavy (non-hydrogen) atoms. The number of esters is 1. The molecule has 2 aromatic rings. The molecule has 0 aromatic heterocycles. The summed E-state index contributed by atoms with van der Waals surface area (Å²) in [5, 5.41) is 9.04. The highest BCUT2D eigenvalue weighted by Crippen LogP contribution is 2.34. The van der Waals surface area contributed by atoms with Crippen molar-refractivity contribution in [1.29, 1.82) is 0 Å². The number of methoxy groups -OCH3 is 1. The second kappa shape index (κ2) is 11.6. The van der Waals surface area contributed by atoms with Crippen LogP contribution in [0.1, 0.15) is 31.0 Å². The van der Waals surface area contributed by atoms with Gasteiger partial charge in [0.25, 0.3) is 5.91 Å². The zero-order valence-electron chi connectivity index (χ0n) is 19.4. The lowest BCUT2D eigenvalue weighted by atomic mass is 9.95. The molecule has 11 heteroatoms. The van der Waals surface area contributed by atoms with E-state index in [1.165, 1.54) is 31.5 Å². The van der Waals surface area contributed by atoms with Crippen LogP contribution in [0.25, 0.3) is 0 Å². The maximum absolute atomic E-state index is 13.2. The third kappa shape index (κ3) is 6.56. The van der Waals surface area contributed by atoms with Gasteiger partial charge in [0.2, 0.25) is 0 Å². The molecule has 0 saturated heterocycles. The number of carbonyl (C=O) groups excluding carboxylic acids is 3. The number of halogens is 1. The van der Waals surface area contributed by atoms with Crippen LogP contribution in [0.5, 0.6) is 11.5 Å². The van der Waals surface area contributed by atoms with Gasteiger partial charge >= 0.3 is 12.0 Å². The fourth-order valence-corrected chi connectivity index (χ4v) is 3.35. The number of rotatable bonds is 9. The Morgan fingerprint density at radius 1 is 1.20 bits per heavy atom. The highest BCUT2D eigenvalue weighted by Gasteiger charge is 2.32. The third-order valence-corrected chi connectivity index (χ3v) is 4.90. The summed E-state index contributed by atoms with van der Waals surface area (Å²) in [6.07, 6.45) is 1.31. The van der Waals surface area contributed by atoms with E-state index in [9.17, 15) is 18.8 Å². The van der Waals surface area contributed by atoms with E-state index in [4.69, 9.17) is 14.2 Å². The summed E-state index contributed by atoms with van der Waals surface area (Å²) in [6, 6.07) is 9.30. The van der Waals surface area contributed by atoms with Crippen molar-refractivity contribution in [3.05, 3.63) is 70.7 Å². The first kappa shape index (κ1) is 25.2. The van der Waals surface area contributed by atoms with E-state index in [0.717, 1.165) is 0 Å². The number of ether oxygens (including phenoxy) is 3. The molecule has 0 unspecified atom stereocenters. The third-order valence-electron chi connectivity index (χ3n) is 4.90. The summed E-state index contributed by atoms with van der Waals surface area (Å²) in [4.78, 5) is 36.6. The summed E-state index contributed by atoms with van der Waals surface area (Å²) in [5.74, 6) is -0.968. The number of hydrogen-bond acceptors (Lipinski definition) is 7. The molecule has 0 fully saturated rings. The van der Waals surface area contributed by atoms with Gasteiger partial charge in [-0.05, 0) is 49.2 Å². The van der Waals surface area contributed by atoms with Crippen molar-refractivity contribution < 1.29 is 33.0 Å². The number of allylic oxidation sites excluding steroid dienone is 1. The van der Waals surface area contributed by atoms with E-state index in [1.54, 1.807) is 38.1 Å². The molecule has 0 saturated carbocycles. The van der Waals surface area contributed by atoms with E-state index in [-0.39, 0.29) is 30.3 Å². The molecule has 0 aliphatic carbocycles. The van der Waals surface area contributed by atoms with Crippen molar-refractivity contribution >= 4 is 24.1 Å². The monoisotopic (exact) mass is 484 g/mol. The summed E-state index contributed by atoms with van der Waals surface area (Å²) in [6.45, 7) is 3.12. The smallest absolute Gasteiger partial charge is 0.338 e. The number of nitrogens with zero attached hydrogens (tertiary/aromatic N) is 1. The minimum absolute atomic E-state index is 0.181. The van der Waals surface area contributed by atoms with Crippen LogP contribution < -0.4 is 25.5 Å². The van der Waals surface area contributed by atoms with Crippen LogP contribution in [0.15, 0.2) is 58.8 Å². The lowest BCUT2D eigenvalue weighted by molar-refractivity contribution is -0.139. The number of nitrogens with one attached hydrogen (secondary N) is 3. The summed E-state index contributed by atoms with van der Waals surface area (Å²) in [7, 11) is 1.42. The van der Waals surface area contributed by atoms with E-state index in [2.05, 4.69) is 21.2 Å². The molecule has 3 rings (SSSR count). The Morgan fingerprint density at radius 2 is 2.00 bits per heavy atom. The van der Waals surface area contributed by atoms with Gasteiger partial charge in [0.05, 0.1) is 31.5 Å². The zero-order valence-corrected chi connectivity index (χ0v) is 19.4. The predicted molar refractivity (Wildman–Crippen MR) is 124 cm³/mol. The van der Waals surface area contributed by atoms with Crippen LogP contribution in [0.2, 0.25) is 0 Å². The zero-order chi connectivity index (χ0) is 25.4. The van der Waals surface area contributed by atoms with Crippen LogP contribution in [0, 0.1) is 5.82 Å². The molecule has 1 heterocycles. The van der Waals surface area contributed by atoms with Crippen molar-refractivity contribution in [1.82, 2.24) is 16.1 Å². The minimum Gasteiger partial charge on any atom is -0.493 e. The van der Waals surface area contributed by atoms with Crippen molar-refractivity contribution in [2.24, 2.45) is 5.10 Å². The van der Waals surface area contributed by atoms with Crippen LogP contribution in [0.4, 0.5) is 9.18 Å². The Kier molecular flexibility index (Phi) is 8.38. The lowest BCUT2D eigenvalue weighted by Crippen LogP contribution is -2.45. The summed E-state index contributed by atoms with van der Waals surface area (Å²) < 4.78 is 29.2. The maximum atomic E-state index is 13.2. The first-order valence-corrected chi connectivity index (χ1v) is 10.7. The number of hydrazone groups is 1. The summed E-state index contributed by atoms with van der Waals surface area (Å²) >= 11 is 0. The van der Waals surface area contributed by atoms with Gasteiger partial charge in [-0.3, -0.25) is 4.79 Å². The second-order valence-corrected chi connectivity index (χ2v) is 7.34. The first-order valence-electron chi connectivity index (χ1n) is 10.7. The van der Waals surface area contributed by atoms with Crippen molar-refractivity contribution in [2.75, 3.05) is 20.3 Å². The fraction of sp³-hybridized carbons (Fsp3) is 0.250. The van der Waals surface area contributed by atoms with Gasteiger partial charge in [0.1, 0.15) is 5.82 Å². The van der Waals surface area contributed by atoms with E-state index >= 15 is 0 Å². The molecule has 10 nitrogen and oxygen atoms in total. The van der Waals surface area contributed by atoms with Crippen LogP contribution in [-0.2, 0) is 14.3 Å². The molecule has 184 valence electrons. The topological polar surface area (TPSA) is 127 Å². The number of hydrogen-bond donors (Lipinski definition) is 3. The van der Waals surface area contributed by atoms with Gasteiger partial charge < -0.3 is 24.8 Å². The number of urea groups is 1. The molecule has 3 N–H and O–H groups in total. The molecule has 0 spiro atoms. The predicted octanol–water partition coefficient (Wildman–Crippen LogP) is 2.55. The summed E-state index contributed by atoms with van der Waals surface area (Å²) in [5.41, 5.74) is 3.97. The average Bonchev–Trinajstić information content (AvgIpc) is 2.82. The molecular formula is C24H25FN4O6. The average molecular weight is 484 g/mol. The Balaban J connectivity index is 1.69. The highest BCUT2D eigenvalue weighted by molar-refractivity contribution is 5.95. The van der Waals surface area contributed by atoms with Gasteiger partial charge in [0, 0.05) is 5.70 Å². The van der Waals surface area contributed by atoms with Gasteiger partial charge in [-0.15, -0.1) is 0 Å². The SMILES string of the molecule is CCOC(=O)C1=C(C)NC(=O)N[C@@H]1c1ccc(OCC(=O)N/N=C\c2cccc(F)c2)c(OC)c1. The van der Waals surface area contributed by atoms with E-state index < -0.39 is 29.8 Å². The number of carbonyl (C=O) groups is 3. The van der Waals surface area contributed by atoms with Gasteiger partial charge in [-0.1, -0.05) is 18.2 Å². The molecule has 3 amide bonds. The van der Waals surface area contributed by atoms with Crippen LogP contribution in [-0.4, -0.2) is 44.4 Å². The molecule has 1 aliphatic rings. The van der Waals surface area contributed by atoms with Crippen molar-refractivity contribution in [3.63, 3.8) is 0 Å². The van der Waals surface area contributed by atoms with E-state index in [0.29, 0.717) is 16.8 Å². The fourth-order valence-electron chi connectivity index (χ4n) is 3.35. The van der Waals surface area contributed by atoms with Crippen molar-refractivity contribution in [3.8, 4) is 11.5 Å². The second-order valence-electron chi connectivity index (χ2n) is 7.34. The molecular weight excluding hydrogens is 459 g/mol. The normalized spacial score (nSPS) is 15.3. The van der Waals surface area contributed by atoms with Gasteiger partial charge in [0.15, 0.2) is 18.1 Å². The maximum Gasteiger partial charge on any atom is 0.338 e. The Hall–Kier alpha value is -4.41. The largest absolute Gasteiger partial charge is 0.493 e. The Bertz CT molecular complexity index is 1180. The lowest BCUT2D eigenvalue weighted by Gasteiger charge is -2.28. The molecule has 0 radical (unpaired) electrons. The van der Waals surface area contributed by atoms with Gasteiger partial charge in [-0.2, -0.15) is 5.10 Å². The molecule has 1 aliphatic heterocycles.